The zero-order valence-corrected chi connectivity index (χ0v) is 22.4. The molecule has 1 aliphatic rings. The Morgan fingerprint density at radius 2 is 1.34 bits per heavy atom. The monoisotopic (exact) mass is 554 g/mol. The number of nitrogens with zero attached hydrogens (tertiary/aromatic N) is 3. The molecule has 0 saturated carbocycles. The average Bonchev–Trinajstić information content (AvgIpc) is 3.57. The number of nitrogens with two attached hydrogens (primary N) is 1. The maximum absolute atomic E-state index is 14.3. The number of anilines is 1. The van der Waals surface area contributed by atoms with Crippen molar-refractivity contribution < 1.29 is 23.3 Å². The first-order chi connectivity index (χ1) is 20.2. The number of hydrogen-bond acceptors (Lipinski definition) is 7. The van der Waals surface area contributed by atoms with Crippen LogP contribution in [0.1, 0.15) is 22.9 Å². The Kier molecular flexibility index (Phi) is 8.29. The van der Waals surface area contributed by atoms with E-state index in [9.17, 15) is 4.39 Å². The maximum Gasteiger partial charge on any atom is 0.217 e. The highest BCUT2D eigenvalue weighted by Crippen LogP contribution is 2.37. The van der Waals surface area contributed by atoms with Crippen molar-refractivity contribution in [2.75, 3.05) is 12.3 Å². The van der Waals surface area contributed by atoms with Gasteiger partial charge in [-0.2, -0.15) is 4.39 Å². The maximum atomic E-state index is 14.3. The van der Waals surface area contributed by atoms with E-state index in [0.717, 1.165) is 16.7 Å². The van der Waals surface area contributed by atoms with Crippen molar-refractivity contribution in [3.63, 3.8) is 0 Å². The fraction of sp³-hybridized carbons (Fsp3) is 0.250. The Labute approximate surface area is 237 Å². The third-order valence-electron chi connectivity index (χ3n) is 7.08. The Balaban J connectivity index is 1.31. The summed E-state index contributed by atoms with van der Waals surface area (Å²) in [6, 6.07) is 31.1. The molecule has 4 atom stereocenters. The lowest BCUT2D eigenvalue weighted by Gasteiger charge is -2.25. The number of fused-ring (bicyclic) bond motifs is 1. The largest absolute Gasteiger partial charge is 0.382 e. The molecule has 0 bridgehead atoms. The fourth-order valence-corrected chi connectivity index (χ4v) is 5.07. The van der Waals surface area contributed by atoms with Crippen LogP contribution in [0.15, 0.2) is 103 Å². The third-order valence-corrected chi connectivity index (χ3v) is 7.08. The van der Waals surface area contributed by atoms with Gasteiger partial charge in [0.2, 0.25) is 5.95 Å². The molecule has 3 aromatic carbocycles. The standard InChI is InChI=1S/C32H31FN4O4/c33-27-16-25-28(31(34)36-27)35-21-37(25)32-30(40-19-24-14-8-3-9-15-24)29(39-18-23-12-6-2-7-13-23)26(41-32)20-38-17-22-10-4-1-5-11-22/h1-16,21,26,29-30,32H,17-20H2,(H2,34,36)/t26-,29-,30+,32+/m1/s1. The van der Waals surface area contributed by atoms with Gasteiger partial charge in [0.25, 0.3) is 0 Å². The number of nitrogen functional groups attached to an aromatic ring is 1. The third kappa shape index (κ3) is 6.28. The second-order valence-corrected chi connectivity index (χ2v) is 9.94. The molecular weight excluding hydrogens is 523 g/mol. The molecule has 0 radical (unpaired) electrons. The predicted octanol–water partition coefficient (Wildman–Crippen LogP) is 5.44. The number of imidazole rings is 1. The summed E-state index contributed by atoms with van der Waals surface area (Å²) < 4.78 is 41.9. The summed E-state index contributed by atoms with van der Waals surface area (Å²) in [5, 5.41) is 0. The zero-order valence-electron chi connectivity index (χ0n) is 22.4. The van der Waals surface area contributed by atoms with Crippen molar-refractivity contribution in [2.45, 2.75) is 44.4 Å². The van der Waals surface area contributed by atoms with Gasteiger partial charge in [0.05, 0.1) is 38.3 Å². The minimum absolute atomic E-state index is 0.0122. The minimum Gasteiger partial charge on any atom is -0.382 e. The van der Waals surface area contributed by atoms with Crippen LogP contribution >= 0.6 is 0 Å². The molecule has 1 aliphatic heterocycles. The van der Waals surface area contributed by atoms with Gasteiger partial charge in [0, 0.05) is 6.07 Å². The molecule has 0 unspecified atom stereocenters. The van der Waals surface area contributed by atoms with Crippen LogP contribution in [0.2, 0.25) is 0 Å². The molecule has 0 aliphatic carbocycles. The SMILES string of the molecule is Nc1nc(F)cc2c1ncn2[C@H]1O[C@H](COCc2ccccc2)[C@@H](OCc2ccccc2)[C@@H]1OCc1ccccc1. The highest BCUT2D eigenvalue weighted by Gasteiger charge is 2.48. The van der Waals surface area contributed by atoms with Gasteiger partial charge >= 0.3 is 0 Å². The second-order valence-electron chi connectivity index (χ2n) is 9.94. The number of ether oxygens (including phenoxy) is 4. The molecule has 9 heteroatoms. The van der Waals surface area contributed by atoms with Crippen molar-refractivity contribution in [3.8, 4) is 0 Å². The van der Waals surface area contributed by atoms with E-state index in [2.05, 4.69) is 9.97 Å². The van der Waals surface area contributed by atoms with Gasteiger partial charge in [0.15, 0.2) is 12.0 Å². The van der Waals surface area contributed by atoms with E-state index in [1.54, 1.807) is 10.9 Å². The number of hydrogen-bond donors (Lipinski definition) is 1. The average molecular weight is 555 g/mol. The van der Waals surface area contributed by atoms with Crippen LogP contribution in [0.3, 0.4) is 0 Å². The summed E-state index contributed by atoms with van der Waals surface area (Å²) in [6.07, 6.45) is -0.654. The van der Waals surface area contributed by atoms with E-state index in [1.807, 2.05) is 91.0 Å². The van der Waals surface area contributed by atoms with Crippen molar-refractivity contribution in [2.24, 2.45) is 0 Å². The van der Waals surface area contributed by atoms with Crippen LogP contribution in [-0.4, -0.2) is 39.5 Å². The van der Waals surface area contributed by atoms with Gasteiger partial charge in [-0.25, -0.2) is 9.97 Å². The molecular formula is C32H31FN4O4. The first-order valence-electron chi connectivity index (χ1n) is 13.5. The highest BCUT2D eigenvalue weighted by molar-refractivity contribution is 5.84. The summed E-state index contributed by atoms with van der Waals surface area (Å²) >= 11 is 0. The Hall–Kier alpha value is -4.15. The Morgan fingerprint density at radius 3 is 1.95 bits per heavy atom. The molecule has 8 nitrogen and oxygen atoms in total. The smallest absolute Gasteiger partial charge is 0.217 e. The van der Waals surface area contributed by atoms with E-state index in [1.165, 1.54) is 6.07 Å². The van der Waals surface area contributed by atoms with Gasteiger partial charge in [-0.15, -0.1) is 0 Å². The van der Waals surface area contributed by atoms with E-state index >= 15 is 0 Å². The van der Waals surface area contributed by atoms with E-state index in [0.29, 0.717) is 30.9 Å². The number of halogens is 1. The number of aromatic nitrogens is 3. The number of pyridine rings is 1. The summed E-state index contributed by atoms with van der Waals surface area (Å²) in [7, 11) is 0. The topological polar surface area (TPSA) is 93.7 Å². The van der Waals surface area contributed by atoms with Crippen molar-refractivity contribution in [1.82, 2.24) is 14.5 Å². The van der Waals surface area contributed by atoms with Crippen molar-refractivity contribution >= 4 is 16.9 Å². The lowest BCUT2D eigenvalue weighted by Crippen LogP contribution is -2.38. The van der Waals surface area contributed by atoms with Crippen LogP contribution in [0.5, 0.6) is 0 Å². The number of benzene rings is 3. The minimum atomic E-state index is -0.698. The molecule has 1 fully saturated rings. The van der Waals surface area contributed by atoms with Crippen LogP contribution in [0.4, 0.5) is 10.2 Å². The lowest BCUT2D eigenvalue weighted by molar-refractivity contribution is -0.0913. The molecule has 3 heterocycles. The molecule has 6 rings (SSSR count). The van der Waals surface area contributed by atoms with E-state index in [-0.39, 0.29) is 12.4 Å². The summed E-state index contributed by atoms with van der Waals surface area (Å²) in [4.78, 5) is 8.12. The molecule has 0 spiro atoms. The molecule has 1 saturated heterocycles. The van der Waals surface area contributed by atoms with Crippen molar-refractivity contribution in [3.05, 3.63) is 126 Å². The summed E-state index contributed by atoms with van der Waals surface area (Å²) in [5.74, 6) is -0.686. The molecule has 2 N–H and O–H groups in total. The van der Waals surface area contributed by atoms with Gasteiger partial charge in [-0.1, -0.05) is 91.0 Å². The van der Waals surface area contributed by atoms with E-state index in [4.69, 9.17) is 24.7 Å². The molecule has 41 heavy (non-hydrogen) atoms. The van der Waals surface area contributed by atoms with Crippen LogP contribution in [-0.2, 0) is 38.8 Å². The first-order valence-corrected chi connectivity index (χ1v) is 13.5. The zero-order chi connectivity index (χ0) is 28.0. The first kappa shape index (κ1) is 27.0. The summed E-state index contributed by atoms with van der Waals surface area (Å²) in [5.41, 5.74) is 9.92. The molecule has 0 amide bonds. The fourth-order valence-electron chi connectivity index (χ4n) is 5.07. The van der Waals surface area contributed by atoms with Gasteiger partial charge < -0.3 is 29.2 Å². The van der Waals surface area contributed by atoms with Crippen molar-refractivity contribution in [1.29, 1.82) is 0 Å². The van der Waals surface area contributed by atoms with Crippen LogP contribution in [0.25, 0.3) is 11.0 Å². The van der Waals surface area contributed by atoms with Gasteiger partial charge in [-0.05, 0) is 16.7 Å². The quantitative estimate of drug-likeness (QED) is 0.217. The second kappa shape index (κ2) is 12.6. The Bertz CT molecular complexity index is 1550. The normalized spacial score (nSPS) is 20.5. The van der Waals surface area contributed by atoms with Crippen LogP contribution < -0.4 is 5.73 Å². The van der Waals surface area contributed by atoms with E-state index < -0.39 is 30.5 Å². The predicted molar refractivity (Wildman–Crippen MR) is 152 cm³/mol. The molecule has 210 valence electrons. The van der Waals surface area contributed by atoms with Crippen LogP contribution in [0, 0.1) is 5.95 Å². The molecule has 5 aromatic rings. The van der Waals surface area contributed by atoms with Gasteiger partial charge in [-0.3, -0.25) is 0 Å². The van der Waals surface area contributed by atoms with Gasteiger partial charge in [0.1, 0.15) is 23.8 Å². The highest BCUT2D eigenvalue weighted by atomic mass is 19.1. The molecule has 2 aromatic heterocycles. The summed E-state index contributed by atoms with van der Waals surface area (Å²) in [6.45, 7) is 1.38. The lowest BCUT2D eigenvalue weighted by atomic mass is 10.1. The Morgan fingerprint density at radius 1 is 0.780 bits per heavy atom. The number of rotatable bonds is 11.